The van der Waals surface area contributed by atoms with E-state index in [1.165, 1.54) is 22.0 Å². The molecule has 3 aromatic rings. The minimum atomic E-state index is 0.678. The lowest BCUT2D eigenvalue weighted by molar-refractivity contribution is 0.297. The van der Waals surface area contributed by atoms with Gasteiger partial charge >= 0.3 is 0 Å². The van der Waals surface area contributed by atoms with Crippen LogP contribution in [0.4, 0.5) is 5.82 Å². The van der Waals surface area contributed by atoms with Gasteiger partial charge in [-0.05, 0) is 41.3 Å². The molecule has 2 aliphatic heterocycles. The minimum Gasteiger partial charge on any atom is -0.361 e. The molecule has 22 heavy (non-hydrogen) atoms. The highest BCUT2D eigenvalue weighted by Crippen LogP contribution is 2.29. The summed E-state index contributed by atoms with van der Waals surface area (Å²) in [5.41, 5.74) is 3.56. The van der Waals surface area contributed by atoms with Crippen LogP contribution in [0.2, 0.25) is 0 Å². The molecule has 0 unspecified atom stereocenters. The van der Waals surface area contributed by atoms with Crippen LogP contribution < -0.4 is 10.2 Å². The van der Waals surface area contributed by atoms with Gasteiger partial charge in [0, 0.05) is 55.1 Å². The highest BCUT2D eigenvalue weighted by Gasteiger charge is 2.39. The zero-order valence-electron chi connectivity index (χ0n) is 12.3. The smallest absolute Gasteiger partial charge is 0.128 e. The summed E-state index contributed by atoms with van der Waals surface area (Å²) in [7, 11) is 0. The van der Waals surface area contributed by atoms with Gasteiger partial charge in [-0.15, -0.1) is 0 Å². The van der Waals surface area contributed by atoms with Crippen molar-refractivity contribution in [1.29, 1.82) is 0 Å². The number of rotatable bonds is 2. The van der Waals surface area contributed by atoms with Gasteiger partial charge in [0.05, 0.1) is 0 Å². The summed E-state index contributed by atoms with van der Waals surface area (Å²) < 4.78 is 0. The van der Waals surface area contributed by atoms with Gasteiger partial charge in [-0.1, -0.05) is 6.07 Å². The van der Waals surface area contributed by atoms with Gasteiger partial charge in [0.1, 0.15) is 5.82 Å². The summed E-state index contributed by atoms with van der Waals surface area (Å²) in [6.07, 6.45) is 3.97. The van der Waals surface area contributed by atoms with Crippen molar-refractivity contribution in [3.05, 3.63) is 48.8 Å². The Labute approximate surface area is 129 Å². The number of hydrogen-bond acceptors (Lipinski definition) is 3. The number of fused-ring (bicyclic) bond motifs is 2. The second-order valence-corrected chi connectivity index (χ2v) is 6.36. The standard InChI is InChI=1S/C18H18N4/c1-3-16-13(5-6-19-16)7-12(1)14-2-4-18(21-8-14)22-10-15-9-20-17(15)11-22/h1-8,15,17,19-20H,9-11H2/t15-,17+/m0/s1. The molecule has 0 bridgehead atoms. The summed E-state index contributed by atoms with van der Waals surface area (Å²) in [5, 5.41) is 4.73. The molecule has 4 heteroatoms. The first-order chi connectivity index (χ1) is 10.9. The molecule has 2 aliphatic rings. The quantitative estimate of drug-likeness (QED) is 0.762. The number of hydrogen-bond donors (Lipinski definition) is 2. The SMILES string of the molecule is c1cc2cc(-c3ccc(N4C[C@@H]5CN[C@@H]5C4)nc3)ccc2[nH]1. The average Bonchev–Trinajstić information content (AvgIpc) is 3.12. The number of aromatic nitrogens is 2. The number of nitrogens with one attached hydrogen (secondary N) is 2. The van der Waals surface area contributed by atoms with Gasteiger partial charge in [0.25, 0.3) is 0 Å². The summed E-state index contributed by atoms with van der Waals surface area (Å²) in [4.78, 5) is 10.3. The predicted molar refractivity (Wildman–Crippen MR) is 89.0 cm³/mol. The number of benzene rings is 1. The molecule has 2 fully saturated rings. The van der Waals surface area contributed by atoms with Crippen molar-refractivity contribution < 1.29 is 0 Å². The first-order valence-electron chi connectivity index (χ1n) is 7.89. The van der Waals surface area contributed by atoms with Crippen LogP contribution >= 0.6 is 0 Å². The number of H-pyrrole nitrogens is 1. The molecule has 0 radical (unpaired) electrons. The Hall–Kier alpha value is -2.33. The molecule has 0 spiro atoms. The van der Waals surface area contributed by atoms with Crippen LogP contribution in [0.15, 0.2) is 48.8 Å². The van der Waals surface area contributed by atoms with Crippen LogP contribution in [0.25, 0.3) is 22.0 Å². The maximum atomic E-state index is 4.69. The largest absolute Gasteiger partial charge is 0.361 e. The number of nitrogens with zero attached hydrogens (tertiary/aromatic N) is 2. The van der Waals surface area contributed by atoms with Gasteiger partial charge in [0.2, 0.25) is 0 Å². The second kappa shape index (κ2) is 4.58. The highest BCUT2D eigenvalue weighted by atomic mass is 15.3. The van der Waals surface area contributed by atoms with Gasteiger partial charge in [-0.2, -0.15) is 0 Å². The Morgan fingerprint density at radius 1 is 1.05 bits per heavy atom. The van der Waals surface area contributed by atoms with Crippen molar-refractivity contribution >= 4 is 16.7 Å². The lowest BCUT2D eigenvalue weighted by Gasteiger charge is -2.29. The monoisotopic (exact) mass is 290 g/mol. The van der Waals surface area contributed by atoms with Crippen molar-refractivity contribution in [2.45, 2.75) is 6.04 Å². The summed E-state index contributed by atoms with van der Waals surface area (Å²) in [6.45, 7) is 3.39. The molecule has 1 aromatic carbocycles. The molecule has 0 aliphatic carbocycles. The van der Waals surface area contributed by atoms with Gasteiger partial charge in [0.15, 0.2) is 0 Å². The molecular formula is C18H18N4. The van der Waals surface area contributed by atoms with Crippen molar-refractivity contribution in [3.63, 3.8) is 0 Å². The fourth-order valence-electron chi connectivity index (χ4n) is 3.62. The van der Waals surface area contributed by atoms with E-state index < -0.39 is 0 Å². The first-order valence-corrected chi connectivity index (χ1v) is 7.89. The number of aromatic amines is 1. The van der Waals surface area contributed by atoms with E-state index in [1.54, 1.807) is 0 Å². The average molecular weight is 290 g/mol. The van der Waals surface area contributed by atoms with Crippen LogP contribution in [-0.2, 0) is 0 Å². The molecule has 2 atom stereocenters. The van der Waals surface area contributed by atoms with Gasteiger partial charge < -0.3 is 15.2 Å². The minimum absolute atomic E-state index is 0.678. The summed E-state index contributed by atoms with van der Waals surface area (Å²) in [6, 6.07) is 13.6. The molecule has 2 N–H and O–H groups in total. The topological polar surface area (TPSA) is 44.0 Å². The Balaban J connectivity index is 1.43. The van der Waals surface area contributed by atoms with E-state index >= 15 is 0 Å². The van der Waals surface area contributed by atoms with E-state index in [0.717, 1.165) is 31.4 Å². The van der Waals surface area contributed by atoms with Gasteiger partial charge in [-0.3, -0.25) is 0 Å². The van der Waals surface area contributed by atoms with E-state index in [4.69, 9.17) is 4.98 Å². The van der Waals surface area contributed by atoms with E-state index in [1.807, 2.05) is 12.4 Å². The Bertz CT molecular complexity index is 808. The third kappa shape index (κ3) is 1.84. The molecule has 0 saturated carbocycles. The molecule has 2 aromatic heterocycles. The Morgan fingerprint density at radius 2 is 2.00 bits per heavy atom. The molecule has 5 rings (SSSR count). The van der Waals surface area contributed by atoms with E-state index in [0.29, 0.717) is 6.04 Å². The van der Waals surface area contributed by atoms with Crippen molar-refractivity contribution in [2.24, 2.45) is 5.92 Å². The van der Waals surface area contributed by atoms with Crippen molar-refractivity contribution in [2.75, 3.05) is 24.5 Å². The molecule has 4 nitrogen and oxygen atoms in total. The maximum absolute atomic E-state index is 4.69. The van der Waals surface area contributed by atoms with E-state index in [9.17, 15) is 0 Å². The Morgan fingerprint density at radius 3 is 2.73 bits per heavy atom. The van der Waals surface area contributed by atoms with Gasteiger partial charge in [-0.25, -0.2) is 4.98 Å². The maximum Gasteiger partial charge on any atom is 0.128 e. The predicted octanol–water partition coefficient (Wildman–Crippen LogP) is 2.64. The third-order valence-electron chi connectivity index (χ3n) is 5.04. The fraction of sp³-hybridized carbons (Fsp3) is 0.278. The fourth-order valence-corrected chi connectivity index (χ4v) is 3.62. The van der Waals surface area contributed by atoms with E-state index in [-0.39, 0.29) is 0 Å². The molecule has 2 saturated heterocycles. The molecule has 4 heterocycles. The zero-order valence-corrected chi connectivity index (χ0v) is 12.3. The molecular weight excluding hydrogens is 272 g/mol. The van der Waals surface area contributed by atoms with Crippen molar-refractivity contribution in [1.82, 2.24) is 15.3 Å². The first kappa shape index (κ1) is 12.2. The summed E-state index contributed by atoms with van der Waals surface area (Å²) >= 11 is 0. The van der Waals surface area contributed by atoms with Crippen LogP contribution in [-0.4, -0.2) is 35.6 Å². The summed E-state index contributed by atoms with van der Waals surface area (Å²) in [5.74, 6) is 1.92. The van der Waals surface area contributed by atoms with Crippen LogP contribution in [0.3, 0.4) is 0 Å². The normalized spacial score (nSPS) is 23.5. The second-order valence-electron chi connectivity index (χ2n) is 6.36. The van der Waals surface area contributed by atoms with Crippen molar-refractivity contribution in [3.8, 4) is 11.1 Å². The Kier molecular flexibility index (Phi) is 2.55. The lowest BCUT2D eigenvalue weighted by Crippen LogP contribution is -2.51. The van der Waals surface area contributed by atoms with Crippen LogP contribution in [0, 0.1) is 5.92 Å². The van der Waals surface area contributed by atoms with E-state index in [2.05, 4.69) is 51.6 Å². The molecule has 0 amide bonds. The third-order valence-corrected chi connectivity index (χ3v) is 5.04. The zero-order chi connectivity index (χ0) is 14.5. The lowest BCUT2D eigenvalue weighted by atomic mass is 9.96. The molecule has 110 valence electrons. The van der Waals surface area contributed by atoms with Crippen LogP contribution in [0.1, 0.15) is 0 Å². The van der Waals surface area contributed by atoms with Crippen LogP contribution in [0.5, 0.6) is 0 Å². The number of pyridine rings is 1. The highest BCUT2D eigenvalue weighted by molar-refractivity contribution is 5.84. The number of anilines is 1.